The summed E-state index contributed by atoms with van der Waals surface area (Å²) in [7, 11) is 0. The highest BCUT2D eigenvalue weighted by atomic mass is 35.5. The molecule has 168 valence electrons. The molecule has 2 aromatic heterocycles. The molecule has 4 aromatic rings. The number of aromatic nitrogens is 4. The van der Waals surface area contributed by atoms with Crippen LogP contribution in [0, 0.1) is 11.3 Å². The van der Waals surface area contributed by atoms with Crippen LogP contribution in [0.15, 0.2) is 52.4 Å². The lowest BCUT2D eigenvalue weighted by Crippen LogP contribution is -2.23. The molecule has 0 atom stereocenters. The Morgan fingerprint density at radius 3 is 2.79 bits per heavy atom. The minimum Gasteiger partial charge on any atom is -0.325 e. The first-order valence-corrected chi connectivity index (χ1v) is 11.9. The Kier molecular flexibility index (Phi) is 6.96. The second-order valence-electron chi connectivity index (χ2n) is 7.44. The molecular formula is C23H21ClN6O2S. The summed E-state index contributed by atoms with van der Waals surface area (Å²) in [5.41, 5.74) is 1.46. The van der Waals surface area contributed by atoms with Crippen LogP contribution in [-0.4, -0.2) is 30.8 Å². The molecule has 1 amide bonds. The number of unbranched alkanes of at least 4 members (excludes halogenated alkanes) is 2. The van der Waals surface area contributed by atoms with Gasteiger partial charge in [0.1, 0.15) is 6.07 Å². The molecule has 1 N–H and O–H groups in total. The lowest BCUT2D eigenvalue weighted by Gasteiger charge is -2.11. The number of carbonyl (C=O) groups is 1. The molecule has 0 unspecified atom stereocenters. The van der Waals surface area contributed by atoms with Gasteiger partial charge in [0.15, 0.2) is 5.16 Å². The number of benzene rings is 2. The van der Waals surface area contributed by atoms with Gasteiger partial charge in [-0.2, -0.15) is 5.26 Å². The fraction of sp³-hybridized carbons (Fsp3) is 0.261. The van der Waals surface area contributed by atoms with Gasteiger partial charge in [-0.05, 0) is 36.8 Å². The predicted molar refractivity (Wildman–Crippen MR) is 130 cm³/mol. The zero-order chi connectivity index (χ0) is 23.4. The fourth-order valence-electron chi connectivity index (χ4n) is 3.56. The molecule has 0 radical (unpaired) electrons. The van der Waals surface area contributed by atoms with Crippen molar-refractivity contribution >= 4 is 51.6 Å². The van der Waals surface area contributed by atoms with E-state index in [1.54, 1.807) is 22.8 Å². The number of hydrogen-bond donors (Lipinski definition) is 1. The molecule has 0 bridgehead atoms. The average Bonchev–Trinajstić information content (AvgIpc) is 3.24. The Morgan fingerprint density at radius 2 is 2.03 bits per heavy atom. The number of carbonyl (C=O) groups excluding carboxylic acids is 1. The molecule has 2 aromatic carbocycles. The van der Waals surface area contributed by atoms with Crippen LogP contribution in [0.2, 0.25) is 5.02 Å². The van der Waals surface area contributed by atoms with Gasteiger partial charge in [-0.3, -0.25) is 18.6 Å². The lowest BCUT2D eigenvalue weighted by atomic mass is 10.2. The third-order valence-corrected chi connectivity index (χ3v) is 6.41. The number of thioether (sulfide) groups is 1. The van der Waals surface area contributed by atoms with E-state index in [-0.39, 0.29) is 22.2 Å². The molecule has 0 aliphatic heterocycles. The molecule has 0 saturated carbocycles. The Morgan fingerprint density at radius 1 is 1.21 bits per heavy atom. The maximum absolute atomic E-state index is 13.1. The van der Waals surface area contributed by atoms with Crippen molar-refractivity contribution in [1.82, 2.24) is 19.2 Å². The van der Waals surface area contributed by atoms with Crippen molar-refractivity contribution in [2.45, 2.75) is 37.9 Å². The van der Waals surface area contributed by atoms with Crippen LogP contribution in [0.4, 0.5) is 5.69 Å². The minimum absolute atomic E-state index is 0.0850. The van der Waals surface area contributed by atoms with Crippen LogP contribution in [0.3, 0.4) is 0 Å². The van der Waals surface area contributed by atoms with Gasteiger partial charge in [0.25, 0.3) is 5.56 Å². The van der Waals surface area contributed by atoms with Crippen molar-refractivity contribution in [3.63, 3.8) is 0 Å². The SMILES string of the molecule is CCCCCn1c(=O)c2ccccc2n2c(SCC(=O)Nc3ccc(C#N)c(Cl)c3)nnc12. The predicted octanol–water partition coefficient (Wildman–Crippen LogP) is 4.49. The second-order valence-corrected chi connectivity index (χ2v) is 8.79. The molecule has 8 nitrogen and oxygen atoms in total. The van der Waals surface area contributed by atoms with Crippen LogP contribution in [-0.2, 0) is 11.3 Å². The lowest BCUT2D eigenvalue weighted by molar-refractivity contribution is -0.113. The van der Waals surface area contributed by atoms with Gasteiger partial charge in [-0.25, -0.2) is 0 Å². The van der Waals surface area contributed by atoms with Crippen molar-refractivity contribution in [2.24, 2.45) is 0 Å². The third kappa shape index (κ3) is 4.72. The molecule has 4 rings (SSSR count). The normalized spacial score (nSPS) is 11.1. The fourth-order valence-corrected chi connectivity index (χ4v) is 4.52. The van der Waals surface area contributed by atoms with Gasteiger partial charge >= 0.3 is 0 Å². The van der Waals surface area contributed by atoms with Gasteiger partial charge in [0, 0.05) is 12.2 Å². The van der Waals surface area contributed by atoms with Gasteiger partial charge in [0.05, 0.1) is 27.2 Å². The molecule has 0 spiro atoms. The number of anilines is 1. The molecule has 10 heteroatoms. The van der Waals surface area contributed by atoms with E-state index in [2.05, 4.69) is 22.4 Å². The van der Waals surface area contributed by atoms with Crippen molar-refractivity contribution in [3.05, 3.63) is 63.4 Å². The monoisotopic (exact) mass is 480 g/mol. The van der Waals surface area contributed by atoms with Crippen molar-refractivity contribution in [2.75, 3.05) is 11.1 Å². The number of halogens is 1. The first-order chi connectivity index (χ1) is 16.0. The number of nitriles is 1. The summed E-state index contributed by atoms with van der Waals surface area (Å²) in [5.74, 6) is 0.302. The van der Waals surface area contributed by atoms with E-state index in [9.17, 15) is 9.59 Å². The van der Waals surface area contributed by atoms with E-state index in [4.69, 9.17) is 16.9 Å². The van der Waals surface area contributed by atoms with Crippen LogP contribution < -0.4 is 10.9 Å². The number of amides is 1. The third-order valence-electron chi connectivity index (χ3n) is 5.17. The van der Waals surface area contributed by atoms with Crippen molar-refractivity contribution < 1.29 is 4.79 Å². The highest BCUT2D eigenvalue weighted by Crippen LogP contribution is 2.23. The largest absolute Gasteiger partial charge is 0.325 e. The summed E-state index contributed by atoms with van der Waals surface area (Å²) >= 11 is 7.27. The number of nitrogens with one attached hydrogen (secondary N) is 1. The van der Waals surface area contributed by atoms with Gasteiger partial charge in [-0.15, -0.1) is 10.2 Å². The Hall–Kier alpha value is -3.35. The van der Waals surface area contributed by atoms with Crippen LogP contribution in [0.1, 0.15) is 31.7 Å². The molecule has 0 fully saturated rings. The van der Waals surface area contributed by atoms with Gasteiger partial charge in [-0.1, -0.05) is 55.3 Å². The van der Waals surface area contributed by atoms with E-state index < -0.39 is 0 Å². The number of rotatable bonds is 8. The number of aryl methyl sites for hydroxylation is 1. The summed E-state index contributed by atoms with van der Waals surface area (Å²) in [5, 5.41) is 21.7. The van der Waals surface area contributed by atoms with E-state index in [0.29, 0.717) is 39.6 Å². The van der Waals surface area contributed by atoms with Crippen LogP contribution in [0.5, 0.6) is 0 Å². The zero-order valence-corrected chi connectivity index (χ0v) is 19.5. The van der Waals surface area contributed by atoms with Crippen LogP contribution in [0.25, 0.3) is 16.7 Å². The summed E-state index contributed by atoms with van der Waals surface area (Å²) in [6.45, 7) is 2.67. The molecule has 33 heavy (non-hydrogen) atoms. The van der Waals surface area contributed by atoms with Crippen molar-refractivity contribution in [1.29, 1.82) is 5.26 Å². The van der Waals surface area contributed by atoms with E-state index in [0.717, 1.165) is 19.3 Å². The Labute approximate surface area is 199 Å². The quantitative estimate of drug-likeness (QED) is 0.294. The van der Waals surface area contributed by atoms with Gasteiger partial charge in [0.2, 0.25) is 11.7 Å². The van der Waals surface area contributed by atoms with Crippen LogP contribution >= 0.6 is 23.4 Å². The maximum Gasteiger partial charge on any atom is 0.262 e. The minimum atomic E-state index is -0.252. The summed E-state index contributed by atoms with van der Waals surface area (Å²) in [4.78, 5) is 25.6. The second kappa shape index (κ2) is 10.1. The summed E-state index contributed by atoms with van der Waals surface area (Å²) in [6, 6.07) is 14.0. The maximum atomic E-state index is 13.1. The Balaban J connectivity index is 1.61. The molecule has 0 aliphatic rings. The molecular weight excluding hydrogens is 460 g/mol. The first kappa shape index (κ1) is 22.8. The molecule has 0 saturated heterocycles. The van der Waals surface area contributed by atoms with E-state index in [1.165, 1.54) is 17.8 Å². The van der Waals surface area contributed by atoms with Gasteiger partial charge < -0.3 is 5.32 Å². The van der Waals surface area contributed by atoms with E-state index in [1.807, 2.05) is 28.7 Å². The Bertz CT molecular complexity index is 1440. The first-order valence-electron chi connectivity index (χ1n) is 10.5. The highest BCUT2D eigenvalue weighted by molar-refractivity contribution is 7.99. The molecule has 2 heterocycles. The summed E-state index contributed by atoms with van der Waals surface area (Å²) < 4.78 is 3.49. The van der Waals surface area contributed by atoms with E-state index >= 15 is 0 Å². The zero-order valence-electron chi connectivity index (χ0n) is 17.9. The number of fused-ring (bicyclic) bond motifs is 3. The topological polar surface area (TPSA) is 105 Å². The van der Waals surface area contributed by atoms with Crippen molar-refractivity contribution in [3.8, 4) is 6.07 Å². The molecule has 0 aliphatic carbocycles. The summed E-state index contributed by atoms with van der Waals surface area (Å²) in [6.07, 6.45) is 2.93. The number of nitrogens with zero attached hydrogens (tertiary/aromatic N) is 5. The smallest absolute Gasteiger partial charge is 0.262 e. The number of hydrogen-bond acceptors (Lipinski definition) is 6. The standard InChI is InChI=1S/C23H21ClN6O2S/c1-2-3-6-11-29-21(32)17-7-4-5-8-19(17)30-22(29)27-28-23(30)33-14-20(31)26-16-10-9-15(13-25)18(24)12-16/h4-5,7-10,12H,2-3,6,11,14H2,1H3,(H,26,31). The average molecular weight is 481 g/mol. The highest BCUT2D eigenvalue weighted by Gasteiger charge is 2.17. The number of para-hydroxylation sites is 1.